The van der Waals surface area contributed by atoms with Gasteiger partial charge in [0, 0.05) is 0 Å². The SMILES string of the molecule is CCOC(=O)C1=C(C)OC(=O)[C@H](C)[C@H]1NC(=O)OC(C)(C)C. The monoisotopic (exact) mass is 313 g/mol. The number of ether oxygens (including phenoxy) is 3. The quantitative estimate of drug-likeness (QED) is 0.632. The first-order valence-electron chi connectivity index (χ1n) is 7.16. The Morgan fingerprint density at radius 2 is 1.91 bits per heavy atom. The average molecular weight is 313 g/mol. The zero-order chi connectivity index (χ0) is 17.1. The lowest BCUT2D eigenvalue weighted by molar-refractivity contribution is -0.148. The first-order valence-corrected chi connectivity index (χ1v) is 7.16. The summed E-state index contributed by atoms with van der Waals surface area (Å²) < 4.78 is 15.2. The number of carbonyl (C=O) groups is 3. The van der Waals surface area contributed by atoms with E-state index in [-0.39, 0.29) is 17.9 Å². The van der Waals surface area contributed by atoms with Gasteiger partial charge in [-0.3, -0.25) is 4.79 Å². The second kappa shape index (κ2) is 6.81. The summed E-state index contributed by atoms with van der Waals surface area (Å²) in [6.45, 7) is 10.1. The number of cyclic esters (lactones) is 1. The van der Waals surface area contributed by atoms with E-state index in [4.69, 9.17) is 14.2 Å². The van der Waals surface area contributed by atoms with Gasteiger partial charge >= 0.3 is 18.0 Å². The van der Waals surface area contributed by atoms with Crippen molar-refractivity contribution in [3.8, 4) is 0 Å². The van der Waals surface area contributed by atoms with Crippen molar-refractivity contribution in [3.63, 3.8) is 0 Å². The predicted molar refractivity (Wildman–Crippen MR) is 77.7 cm³/mol. The van der Waals surface area contributed by atoms with Crippen LogP contribution in [0.3, 0.4) is 0 Å². The van der Waals surface area contributed by atoms with Gasteiger partial charge < -0.3 is 19.5 Å². The van der Waals surface area contributed by atoms with Gasteiger partial charge in [-0.2, -0.15) is 0 Å². The lowest BCUT2D eigenvalue weighted by atomic mass is 9.91. The Hall–Kier alpha value is -2.05. The van der Waals surface area contributed by atoms with E-state index >= 15 is 0 Å². The van der Waals surface area contributed by atoms with Gasteiger partial charge in [0.15, 0.2) is 0 Å². The van der Waals surface area contributed by atoms with Crippen LogP contribution in [0.5, 0.6) is 0 Å². The predicted octanol–water partition coefficient (Wildman–Crippen LogP) is 1.91. The van der Waals surface area contributed by atoms with Crippen LogP contribution in [-0.4, -0.2) is 36.3 Å². The number of alkyl carbamates (subject to hydrolysis) is 1. The number of allylic oxidation sites excluding steroid dienone is 1. The van der Waals surface area contributed by atoms with Crippen molar-refractivity contribution < 1.29 is 28.6 Å². The van der Waals surface area contributed by atoms with E-state index in [1.165, 1.54) is 6.92 Å². The lowest BCUT2D eigenvalue weighted by Gasteiger charge is -2.31. The van der Waals surface area contributed by atoms with Gasteiger partial charge in [0.05, 0.1) is 24.1 Å². The smallest absolute Gasteiger partial charge is 0.408 e. The summed E-state index contributed by atoms with van der Waals surface area (Å²) in [6.07, 6.45) is -0.714. The molecule has 7 heteroatoms. The molecule has 0 fully saturated rings. The number of amides is 1. The Morgan fingerprint density at radius 3 is 2.41 bits per heavy atom. The summed E-state index contributed by atoms with van der Waals surface area (Å²) in [7, 11) is 0. The molecule has 0 saturated heterocycles. The Balaban J connectivity index is 3.04. The fourth-order valence-electron chi connectivity index (χ4n) is 2.02. The first kappa shape index (κ1) is 18.0. The van der Waals surface area contributed by atoms with Crippen LogP contribution in [0.1, 0.15) is 41.5 Å². The number of esters is 2. The number of nitrogens with one attached hydrogen (secondary N) is 1. The second-order valence-electron chi connectivity index (χ2n) is 6.02. The minimum atomic E-state index is -0.852. The van der Waals surface area contributed by atoms with E-state index in [9.17, 15) is 14.4 Å². The maximum absolute atomic E-state index is 12.1. The van der Waals surface area contributed by atoms with Crippen molar-refractivity contribution in [2.24, 2.45) is 5.92 Å². The lowest BCUT2D eigenvalue weighted by Crippen LogP contribution is -2.50. The molecule has 1 amide bonds. The van der Waals surface area contributed by atoms with Gasteiger partial charge in [-0.25, -0.2) is 9.59 Å². The van der Waals surface area contributed by atoms with Crippen LogP contribution >= 0.6 is 0 Å². The van der Waals surface area contributed by atoms with E-state index in [0.717, 1.165) is 0 Å². The van der Waals surface area contributed by atoms with Gasteiger partial charge in [0.1, 0.15) is 11.4 Å². The molecule has 0 spiro atoms. The highest BCUT2D eigenvalue weighted by Gasteiger charge is 2.40. The Kier molecular flexibility index (Phi) is 5.57. The van der Waals surface area contributed by atoms with E-state index in [1.807, 2.05) is 0 Å². The van der Waals surface area contributed by atoms with Crippen molar-refractivity contribution in [2.75, 3.05) is 6.61 Å². The standard InChI is InChI=1S/C15H23NO6/c1-7-20-13(18)10-9(3)21-12(17)8(2)11(10)16-14(19)22-15(4,5)6/h8,11H,7H2,1-6H3,(H,16,19)/t8-,11-/m1/s1. The first-order chi connectivity index (χ1) is 10.1. The Morgan fingerprint density at radius 1 is 1.32 bits per heavy atom. The molecule has 1 aliphatic heterocycles. The van der Waals surface area contributed by atoms with E-state index in [0.29, 0.717) is 0 Å². The fraction of sp³-hybridized carbons (Fsp3) is 0.667. The molecule has 1 N–H and O–H groups in total. The third-order valence-corrected chi connectivity index (χ3v) is 2.98. The minimum Gasteiger partial charge on any atom is -0.462 e. The zero-order valence-corrected chi connectivity index (χ0v) is 13.8. The molecule has 0 aromatic carbocycles. The van der Waals surface area contributed by atoms with Crippen LogP contribution < -0.4 is 5.32 Å². The number of rotatable bonds is 3. The van der Waals surface area contributed by atoms with Crippen molar-refractivity contribution in [1.29, 1.82) is 0 Å². The summed E-state index contributed by atoms with van der Waals surface area (Å²) >= 11 is 0. The van der Waals surface area contributed by atoms with Crippen LogP contribution in [0.4, 0.5) is 4.79 Å². The van der Waals surface area contributed by atoms with E-state index < -0.39 is 35.6 Å². The largest absolute Gasteiger partial charge is 0.462 e. The second-order valence-corrected chi connectivity index (χ2v) is 6.02. The van der Waals surface area contributed by atoms with Gasteiger partial charge in [-0.1, -0.05) is 0 Å². The molecule has 0 radical (unpaired) electrons. The molecule has 1 heterocycles. The third kappa shape index (κ3) is 4.47. The normalized spacial score (nSPS) is 22.0. The van der Waals surface area contributed by atoms with E-state index in [1.54, 1.807) is 34.6 Å². The van der Waals surface area contributed by atoms with Crippen LogP contribution in [0.2, 0.25) is 0 Å². The van der Waals surface area contributed by atoms with Gasteiger partial charge in [-0.05, 0) is 41.5 Å². The van der Waals surface area contributed by atoms with Crippen LogP contribution in [0.25, 0.3) is 0 Å². The molecular weight excluding hydrogens is 290 g/mol. The van der Waals surface area contributed by atoms with E-state index in [2.05, 4.69) is 5.32 Å². The molecule has 0 unspecified atom stereocenters. The summed E-state index contributed by atoms with van der Waals surface area (Å²) in [6, 6.07) is -0.852. The van der Waals surface area contributed by atoms with Crippen LogP contribution in [0.15, 0.2) is 11.3 Å². The highest BCUT2D eigenvalue weighted by molar-refractivity contribution is 5.94. The number of hydrogen-bond acceptors (Lipinski definition) is 6. The molecule has 7 nitrogen and oxygen atoms in total. The molecule has 0 aromatic rings. The maximum Gasteiger partial charge on any atom is 0.408 e. The summed E-state index contributed by atoms with van der Waals surface area (Å²) in [5, 5.41) is 2.55. The van der Waals surface area contributed by atoms with Crippen molar-refractivity contribution in [1.82, 2.24) is 5.32 Å². The molecule has 0 aliphatic carbocycles. The zero-order valence-electron chi connectivity index (χ0n) is 13.8. The molecule has 0 aromatic heterocycles. The number of hydrogen-bond donors (Lipinski definition) is 1. The molecule has 124 valence electrons. The summed E-state index contributed by atoms with van der Waals surface area (Å²) in [4.78, 5) is 35.8. The summed E-state index contributed by atoms with van der Waals surface area (Å²) in [5.41, 5.74) is -0.564. The van der Waals surface area contributed by atoms with Crippen molar-refractivity contribution in [3.05, 3.63) is 11.3 Å². The molecule has 0 saturated carbocycles. The van der Waals surface area contributed by atoms with Gasteiger partial charge in [0.2, 0.25) is 0 Å². The van der Waals surface area contributed by atoms with Crippen LogP contribution in [-0.2, 0) is 23.8 Å². The molecule has 2 atom stereocenters. The van der Waals surface area contributed by atoms with Crippen molar-refractivity contribution in [2.45, 2.75) is 53.2 Å². The van der Waals surface area contributed by atoms with Gasteiger partial charge in [-0.15, -0.1) is 0 Å². The third-order valence-electron chi connectivity index (χ3n) is 2.98. The highest BCUT2D eigenvalue weighted by Crippen LogP contribution is 2.26. The molecule has 22 heavy (non-hydrogen) atoms. The molecule has 0 bridgehead atoms. The highest BCUT2D eigenvalue weighted by atomic mass is 16.6. The summed E-state index contributed by atoms with van der Waals surface area (Å²) in [5.74, 6) is -1.75. The maximum atomic E-state index is 12.1. The Bertz CT molecular complexity index is 503. The molecule has 1 rings (SSSR count). The minimum absolute atomic E-state index is 0.125. The Labute approximate surface area is 130 Å². The molecule has 1 aliphatic rings. The van der Waals surface area contributed by atoms with Crippen molar-refractivity contribution >= 4 is 18.0 Å². The fourth-order valence-corrected chi connectivity index (χ4v) is 2.02. The van der Waals surface area contributed by atoms with Crippen LogP contribution in [0, 0.1) is 5.92 Å². The van der Waals surface area contributed by atoms with Gasteiger partial charge in [0.25, 0.3) is 0 Å². The number of carbonyl (C=O) groups excluding carboxylic acids is 3. The topological polar surface area (TPSA) is 90.9 Å². The average Bonchev–Trinajstić information content (AvgIpc) is 2.33. The molecular formula is C15H23NO6.